The third-order valence-corrected chi connectivity index (χ3v) is 12.3. The van der Waals surface area contributed by atoms with Gasteiger partial charge in [-0.25, -0.2) is 28.6 Å². The average Bonchev–Trinajstić information content (AvgIpc) is 3.74. The number of amides is 2. The Labute approximate surface area is 350 Å². The van der Waals surface area contributed by atoms with Crippen LogP contribution in [0.5, 0.6) is 11.5 Å². The number of phosphoric ester groups is 3. The first-order valence-corrected chi connectivity index (χ1v) is 23.0. The van der Waals surface area contributed by atoms with Gasteiger partial charge in [0.1, 0.15) is 36.3 Å². The van der Waals surface area contributed by atoms with Crippen molar-refractivity contribution in [3.63, 3.8) is 0 Å². The summed E-state index contributed by atoms with van der Waals surface area (Å²) >= 11 is 0.935. The number of fused-ring (bicyclic) bond motifs is 1. The largest absolute Gasteiger partial charge is 0.504 e. The highest BCUT2D eigenvalue weighted by molar-refractivity contribution is 8.14. The van der Waals surface area contributed by atoms with E-state index in [1.807, 2.05) is 0 Å². The summed E-state index contributed by atoms with van der Waals surface area (Å²) in [6.07, 6.45) is -4.20. The van der Waals surface area contributed by atoms with Gasteiger partial charge in [-0.15, -0.1) is 0 Å². The molecule has 0 aliphatic carbocycles. The molecule has 1 saturated heterocycles. The number of hydrogen-bond acceptors (Lipinski definition) is 20. The van der Waals surface area contributed by atoms with Crippen LogP contribution in [0.25, 0.3) is 17.2 Å². The number of anilines is 1. The summed E-state index contributed by atoms with van der Waals surface area (Å²) < 4.78 is 67.2. The maximum absolute atomic E-state index is 12.7. The number of aliphatic hydroxyl groups is 2. The van der Waals surface area contributed by atoms with Crippen molar-refractivity contribution in [2.75, 3.05) is 44.9 Å². The fourth-order valence-corrected chi connectivity index (χ4v) is 8.69. The minimum Gasteiger partial charge on any atom is -0.504 e. The number of nitrogen functional groups attached to an aromatic ring is 1. The molecular formula is C31H44N7O19P3S. The second kappa shape index (κ2) is 21.0. The van der Waals surface area contributed by atoms with Crippen LogP contribution in [0.4, 0.5) is 5.82 Å². The number of phosphoric acid groups is 3. The Morgan fingerprint density at radius 3 is 2.46 bits per heavy atom. The molecule has 3 aromatic rings. The maximum Gasteiger partial charge on any atom is 0.481 e. The Morgan fingerprint density at radius 1 is 1.07 bits per heavy atom. The number of phenols is 1. The van der Waals surface area contributed by atoms with Crippen LogP contribution in [0.2, 0.25) is 0 Å². The first kappa shape index (κ1) is 49.8. The van der Waals surface area contributed by atoms with Crippen LogP contribution in [0, 0.1) is 5.41 Å². The summed E-state index contributed by atoms with van der Waals surface area (Å²) in [5, 5.41) is 35.7. The number of benzene rings is 1. The number of nitrogens with one attached hydrogen (secondary N) is 2. The van der Waals surface area contributed by atoms with Gasteiger partial charge < -0.3 is 60.7 Å². The SMILES string of the molecule is COc1cc(C=CC(=O)SCCNC(=O)CCNC(=O)[C@H](O)C(C)(C)COP(=O)(O)OP(=O)(O)OC[C@H]2O[C@@H](n3cnc4c(N)ncnc43)[C@H](O)[C@@H]2OP(=O)(O)O)ccc1O. The van der Waals surface area contributed by atoms with E-state index in [4.69, 9.17) is 24.3 Å². The molecule has 1 aromatic carbocycles. The summed E-state index contributed by atoms with van der Waals surface area (Å²) in [7, 11) is -15.1. The fourth-order valence-electron chi connectivity index (χ4n) is 5.29. The summed E-state index contributed by atoms with van der Waals surface area (Å²) in [5.41, 5.74) is 4.84. The molecule has 0 saturated carbocycles. The molecule has 0 bridgehead atoms. The number of nitrogens with zero attached hydrogens (tertiary/aromatic N) is 4. The summed E-state index contributed by atoms with van der Waals surface area (Å²) in [6, 6.07) is 4.56. The normalized spacial score (nSPS) is 20.9. The molecule has 2 unspecified atom stereocenters. The predicted molar refractivity (Wildman–Crippen MR) is 211 cm³/mol. The molecule has 26 nitrogen and oxygen atoms in total. The van der Waals surface area contributed by atoms with E-state index in [0.29, 0.717) is 5.56 Å². The topological polar surface area (TPSA) is 393 Å². The first-order chi connectivity index (χ1) is 28.4. The molecule has 2 aromatic heterocycles. The van der Waals surface area contributed by atoms with Gasteiger partial charge in [0.15, 0.2) is 29.2 Å². The number of hydrogen-bond donors (Lipinski definition) is 10. The third kappa shape index (κ3) is 14.6. The number of carbonyl (C=O) groups is 3. The minimum absolute atomic E-state index is 0.0223. The van der Waals surface area contributed by atoms with E-state index in [1.54, 1.807) is 12.1 Å². The van der Waals surface area contributed by atoms with Crippen molar-refractivity contribution in [1.29, 1.82) is 0 Å². The van der Waals surface area contributed by atoms with Crippen molar-refractivity contribution in [3.05, 3.63) is 42.5 Å². The highest BCUT2D eigenvalue weighted by Gasteiger charge is 2.50. The van der Waals surface area contributed by atoms with Crippen LogP contribution < -0.4 is 21.1 Å². The Bertz CT molecular complexity index is 2230. The molecule has 1 fully saturated rings. The van der Waals surface area contributed by atoms with Gasteiger partial charge in [-0.2, -0.15) is 4.31 Å². The zero-order valence-electron chi connectivity index (χ0n) is 32.3. The zero-order valence-corrected chi connectivity index (χ0v) is 35.8. The number of aromatic hydroxyl groups is 1. The Balaban J connectivity index is 1.20. The molecule has 3 heterocycles. The molecule has 11 N–H and O–H groups in total. The van der Waals surface area contributed by atoms with Crippen LogP contribution in [-0.4, -0.2) is 135 Å². The van der Waals surface area contributed by atoms with E-state index in [0.717, 1.165) is 29.0 Å². The van der Waals surface area contributed by atoms with Crippen molar-refractivity contribution in [2.45, 2.75) is 50.9 Å². The van der Waals surface area contributed by atoms with E-state index >= 15 is 0 Å². The van der Waals surface area contributed by atoms with E-state index < -0.39 is 84.6 Å². The second-order valence-corrected chi connectivity index (χ2v) is 18.8. The van der Waals surface area contributed by atoms with Gasteiger partial charge in [-0.05, 0) is 23.8 Å². The van der Waals surface area contributed by atoms with Gasteiger partial charge in [0.05, 0.1) is 26.7 Å². The van der Waals surface area contributed by atoms with Crippen molar-refractivity contribution >= 4 is 75.2 Å². The number of methoxy groups -OCH3 is 1. The van der Waals surface area contributed by atoms with Gasteiger partial charge in [-0.1, -0.05) is 37.8 Å². The number of imidazole rings is 1. The van der Waals surface area contributed by atoms with Gasteiger partial charge in [-0.3, -0.25) is 32.5 Å². The third-order valence-electron chi connectivity index (χ3n) is 8.36. The highest BCUT2D eigenvalue weighted by atomic mass is 32.2. The van der Waals surface area contributed by atoms with E-state index in [1.165, 1.54) is 39.2 Å². The summed E-state index contributed by atoms with van der Waals surface area (Å²) in [4.78, 5) is 88.0. The molecule has 0 radical (unpaired) electrons. The Kier molecular flexibility index (Phi) is 17.1. The lowest BCUT2D eigenvalue weighted by molar-refractivity contribution is -0.137. The van der Waals surface area contributed by atoms with Gasteiger partial charge in [0.2, 0.25) is 16.9 Å². The number of nitrogens with two attached hydrogens (primary N) is 1. The van der Waals surface area contributed by atoms with Gasteiger partial charge in [0, 0.05) is 30.7 Å². The molecule has 2 amide bonds. The number of ether oxygens (including phenoxy) is 2. The average molecular weight is 944 g/mol. The van der Waals surface area contributed by atoms with Crippen LogP contribution in [0.1, 0.15) is 32.1 Å². The summed E-state index contributed by atoms with van der Waals surface area (Å²) in [5.74, 6) is -1.12. The number of phenolic OH excluding ortho intramolecular Hbond substituents is 1. The quantitative estimate of drug-likeness (QED) is 0.0362. The smallest absolute Gasteiger partial charge is 0.481 e. The molecule has 4 rings (SSSR count). The van der Waals surface area contributed by atoms with Crippen molar-refractivity contribution in [2.24, 2.45) is 5.41 Å². The number of aliphatic hydroxyl groups excluding tert-OH is 2. The maximum atomic E-state index is 12.7. The lowest BCUT2D eigenvalue weighted by Crippen LogP contribution is -2.46. The molecular weight excluding hydrogens is 899 g/mol. The molecule has 1 aliphatic rings. The van der Waals surface area contributed by atoms with Crippen LogP contribution in [-0.2, 0) is 50.7 Å². The zero-order chi connectivity index (χ0) is 45.3. The molecule has 338 valence electrons. The van der Waals surface area contributed by atoms with Crippen molar-refractivity contribution in [3.8, 4) is 11.5 Å². The van der Waals surface area contributed by atoms with E-state index in [9.17, 15) is 63.0 Å². The molecule has 1 aliphatic heterocycles. The van der Waals surface area contributed by atoms with Crippen LogP contribution in [0.3, 0.4) is 0 Å². The van der Waals surface area contributed by atoms with Gasteiger partial charge in [0.25, 0.3) is 0 Å². The number of aromatic nitrogens is 4. The standard InChI is InChI=1S/C31H44N7O19P3S/c1-31(2,26(43)29(44)34-9-8-21(40)33-10-11-61-22(41)7-5-17-4-6-18(39)19(12-17)52-3)14-54-60(50,51)57-59(48,49)53-13-20-25(56-58(45,46)47)24(42)30(55-20)38-16-37-23-27(32)35-15-36-28(23)38/h4-7,12,15-16,20,24-26,30,39,42-43H,8-11,13-14H2,1-3H3,(H,33,40)(H,34,44)(H,48,49)(H,50,51)(H2,32,35,36)(H2,45,46,47)/t20-,24-,25-,26+,30-/m1/s1. The van der Waals surface area contributed by atoms with Crippen molar-refractivity contribution < 1.29 is 90.3 Å². The number of carbonyl (C=O) groups excluding carboxylic acids is 3. The minimum atomic E-state index is -5.59. The summed E-state index contributed by atoms with van der Waals surface area (Å²) in [6.45, 7) is 0.299. The molecule has 30 heteroatoms. The first-order valence-electron chi connectivity index (χ1n) is 17.5. The number of thioether (sulfide) groups is 1. The van der Waals surface area contributed by atoms with Gasteiger partial charge >= 0.3 is 23.5 Å². The molecule has 7 atom stereocenters. The monoisotopic (exact) mass is 943 g/mol. The predicted octanol–water partition coefficient (Wildman–Crippen LogP) is 0.0923. The lowest BCUT2D eigenvalue weighted by atomic mass is 9.87. The Hall–Kier alpha value is -3.88. The Morgan fingerprint density at radius 2 is 1.77 bits per heavy atom. The van der Waals surface area contributed by atoms with E-state index in [-0.39, 0.29) is 58.9 Å². The highest BCUT2D eigenvalue weighted by Crippen LogP contribution is 2.61. The molecule has 61 heavy (non-hydrogen) atoms. The van der Waals surface area contributed by atoms with Crippen molar-refractivity contribution in [1.82, 2.24) is 30.2 Å². The fraction of sp³-hybridized carbons (Fsp3) is 0.484. The molecule has 0 spiro atoms. The lowest BCUT2D eigenvalue weighted by Gasteiger charge is -2.30. The van der Waals surface area contributed by atoms with E-state index in [2.05, 4.69) is 34.4 Å². The second-order valence-electron chi connectivity index (χ2n) is 13.5. The number of rotatable bonds is 22. The van der Waals surface area contributed by atoms with Crippen LogP contribution >= 0.6 is 35.2 Å². The van der Waals surface area contributed by atoms with Crippen LogP contribution in [0.15, 0.2) is 36.9 Å².